The zero-order valence-corrected chi connectivity index (χ0v) is 21.6. The topological polar surface area (TPSA) is 66.9 Å². The molecule has 0 aliphatic carbocycles. The van der Waals surface area contributed by atoms with Crippen LogP contribution in [0.2, 0.25) is 0 Å². The second kappa shape index (κ2) is 9.76. The molecule has 2 N–H and O–H groups in total. The van der Waals surface area contributed by atoms with E-state index in [1.807, 2.05) is 13.1 Å². The van der Waals surface area contributed by atoms with Crippen LogP contribution >= 0.6 is 0 Å². The van der Waals surface area contributed by atoms with Crippen molar-refractivity contribution < 1.29 is 8.78 Å². The molecule has 0 saturated carbocycles. The number of nitrogens with two attached hydrogens (primary N) is 1. The first-order chi connectivity index (χ1) is 17.1. The molecule has 0 fully saturated rings. The summed E-state index contributed by atoms with van der Waals surface area (Å²) in [6.07, 6.45) is 0.114. The minimum Gasteiger partial charge on any atom is -0.404 e. The van der Waals surface area contributed by atoms with Crippen LogP contribution in [-0.4, -0.2) is 38.0 Å². The Labute approximate surface area is 210 Å². The molecule has 4 rings (SSSR count). The molecule has 0 bridgehead atoms. The predicted octanol–water partition coefficient (Wildman–Crippen LogP) is 5.50. The maximum Gasteiger partial charge on any atom is 0.264 e. The minimum atomic E-state index is -2.69. The molecule has 0 atom stereocenters. The fourth-order valence-electron chi connectivity index (χ4n) is 4.91. The van der Waals surface area contributed by atoms with Gasteiger partial charge in [-0.3, -0.25) is 9.79 Å². The second-order valence-electron chi connectivity index (χ2n) is 9.63. The smallest absolute Gasteiger partial charge is 0.264 e. The molecule has 0 saturated heterocycles. The third-order valence-corrected chi connectivity index (χ3v) is 6.98. The molecule has 0 radical (unpaired) electrons. The number of halogens is 2. The van der Waals surface area contributed by atoms with Crippen LogP contribution in [0.4, 0.5) is 25.8 Å². The number of benzene rings is 2. The van der Waals surface area contributed by atoms with Gasteiger partial charge in [0.15, 0.2) is 0 Å². The molecule has 0 spiro atoms. The van der Waals surface area contributed by atoms with E-state index in [1.54, 1.807) is 37.7 Å². The summed E-state index contributed by atoms with van der Waals surface area (Å²) in [5.41, 5.74) is 11.4. The van der Waals surface area contributed by atoms with Crippen molar-refractivity contribution in [1.82, 2.24) is 4.57 Å². The number of fused-ring (bicyclic) bond motifs is 2. The average molecular weight is 494 g/mol. The van der Waals surface area contributed by atoms with Gasteiger partial charge in [-0.05, 0) is 54.3 Å². The number of aliphatic imine (C=N–C) groups is 1. The van der Waals surface area contributed by atoms with E-state index in [4.69, 9.17) is 5.73 Å². The molecule has 36 heavy (non-hydrogen) atoms. The number of alkyl halides is 2. The molecule has 3 aromatic rings. The van der Waals surface area contributed by atoms with E-state index in [0.29, 0.717) is 35.5 Å². The van der Waals surface area contributed by atoms with Crippen LogP contribution in [0.5, 0.6) is 0 Å². The number of likely N-dealkylation sites (N-methyl/N-ethyl adjacent to an activating group) is 1. The molecule has 0 unspecified atom stereocenters. The predicted molar refractivity (Wildman–Crippen MR) is 146 cm³/mol. The SMILES string of the molecule is CN=C/C(=C\N)c1cc2c(cc1C(F)F)N(c1cc(C(C)C)cc3c1cc(C)c(=O)n3C)CCN2C. The molecular weight excluding hydrogens is 460 g/mol. The largest absolute Gasteiger partial charge is 0.404 e. The number of hydrogen-bond donors (Lipinski definition) is 1. The van der Waals surface area contributed by atoms with Crippen LogP contribution in [0.15, 0.2) is 46.3 Å². The number of allylic oxidation sites excluding steroid dienone is 1. The minimum absolute atomic E-state index is 0.0450. The highest BCUT2D eigenvalue weighted by atomic mass is 19.3. The lowest BCUT2D eigenvalue weighted by Gasteiger charge is -2.39. The zero-order valence-electron chi connectivity index (χ0n) is 21.6. The number of aromatic nitrogens is 1. The van der Waals surface area contributed by atoms with Gasteiger partial charge in [0.2, 0.25) is 0 Å². The van der Waals surface area contributed by atoms with Crippen LogP contribution in [0.1, 0.15) is 48.4 Å². The molecule has 0 amide bonds. The Morgan fingerprint density at radius 2 is 1.78 bits per heavy atom. The van der Waals surface area contributed by atoms with Crippen LogP contribution in [0.3, 0.4) is 0 Å². The standard InChI is InChI=1S/C28H33F2N5O/c1-16(2)18-10-23-22(9-17(3)28(36)34(23)6)24(11-18)35-8-7-33(5)25-12-20(19(14-31)15-32-4)21(27(29)30)13-26(25)35/h9-16,27H,7-8,31H2,1-6H3/b19-14+,32-15?. The van der Waals surface area contributed by atoms with Gasteiger partial charge in [-0.25, -0.2) is 8.78 Å². The molecule has 8 heteroatoms. The van der Waals surface area contributed by atoms with E-state index >= 15 is 0 Å². The van der Waals surface area contributed by atoms with Gasteiger partial charge >= 0.3 is 0 Å². The summed E-state index contributed by atoms with van der Waals surface area (Å²) < 4.78 is 30.4. The molecule has 190 valence electrons. The number of hydrogen-bond acceptors (Lipinski definition) is 5. The lowest BCUT2D eigenvalue weighted by atomic mass is 9.95. The maximum absolute atomic E-state index is 14.4. The lowest BCUT2D eigenvalue weighted by molar-refractivity contribution is 0.151. The van der Waals surface area contributed by atoms with Crippen LogP contribution in [0.25, 0.3) is 16.5 Å². The number of aryl methyl sites for hydroxylation is 2. The Hall–Kier alpha value is -3.68. The molecule has 6 nitrogen and oxygen atoms in total. The van der Waals surface area contributed by atoms with Crippen LogP contribution < -0.4 is 21.1 Å². The Bertz CT molecular complexity index is 1440. The van der Waals surface area contributed by atoms with Crippen molar-refractivity contribution in [2.75, 3.05) is 37.0 Å². The normalized spacial score (nSPS) is 14.6. The summed E-state index contributed by atoms with van der Waals surface area (Å²) in [5.74, 6) is 0.223. The van der Waals surface area contributed by atoms with Gasteiger partial charge in [-0.1, -0.05) is 13.8 Å². The molecule has 1 aliphatic heterocycles. The van der Waals surface area contributed by atoms with Gasteiger partial charge in [0.05, 0.1) is 22.6 Å². The summed E-state index contributed by atoms with van der Waals surface area (Å²) in [6.45, 7) is 7.32. The van der Waals surface area contributed by atoms with E-state index in [0.717, 1.165) is 27.8 Å². The van der Waals surface area contributed by atoms with Crippen molar-refractivity contribution in [3.05, 3.63) is 69.1 Å². The molecule has 1 aliphatic rings. The van der Waals surface area contributed by atoms with Crippen molar-refractivity contribution in [2.24, 2.45) is 17.8 Å². The van der Waals surface area contributed by atoms with Crippen molar-refractivity contribution in [3.63, 3.8) is 0 Å². The molecule has 1 aromatic heterocycles. The lowest BCUT2D eigenvalue weighted by Crippen LogP contribution is -2.37. The maximum atomic E-state index is 14.4. The monoisotopic (exact) mass is 493 g/mol. The molecule has 2 heterocycles. The number of nitrogens with zero attached hydrogens (tertiary/aromatic N) is 4. The van der Waals surface area contributed by atoms with Gasteiger partial charge in [0.1, 0.15) is 0 Å². The Balaban J connectivity index is 2.05. The van der Waals surface area contributed by atoms with Gasteiger partial charge in [-0.2, -0.15) is 0 Å². The third kappa shape index (κ3) is 4.25. The van der Waals surface area contributed by atoms with Crippen molar-refractivity contribution in [3.8, 4) is 0 Å². The Kier molecular flexibility index (Phi) is 6.89. The van der Waals surface area contributed by atoms with Crippen LogP contribution in [0, 0.1) is 6.92 Å². The summed E-state index contributed by atoms with van der Waals surface area (Å²) in [5, 5.41) is 0.915. The molecular formula is C28H33F2N5O. The fourth-order valence-corrected chi connectivity index (χ4v) is 4.91. The van der Waals surface area contributed by atoms with E-state index in [-0.39, 0.29) is 17.0 Å². The Morgan fingerprint density at radius 3 is 2.39 bits per heavy atom. The van der Waals surface area contributed by atoms with E-state index < -0.39 is 6.43 Å². The van der Waals surface area contributed by atoms with Crippen molar-refractivity contribution in [1.29, 1.82) is 0 Å². The van der Waals surface area contributed by atoms with E-state index in [9.17, 15) is 13.6 Å². The Morgan fingerprint density at radius 1 is 1.06 bits per heavy atom. The van der Waals surface area contributed by atoms with Crippen molar-refractivity contribution >= 4 is 39.8 Å². The summed E-state index contributed by atoms with van der Waals surface area (Å²) >= 11 is 0. The fraction of sp³-hybridized carbons (Fsp3) is 0.357. The summed E-state index contributed by atoms with van der Waals surface area (Å²) in [4.78, 5) is 20.9. The molecule has 2 aromatic carbocycles. The summed E-state index contributed by atoms with van der Waals surface area (Å²) in [6, 6.07) is 9.43. The van der Waals surface area contributed by atoms with Gasteiger partial charge in [-0.15, -0.1) is 0 Å². The first-order valence-corrected chi connectivity index (χ1v) is 12.0. The van der Waals surface area contributed by atoms with Gasteiger partial charge in [0.25, 0.3) is 12.0 Å². The number of pyridine rings is 1. The average Bonchev–Trinajstić information content (AvgIpc) is 2.85. The second-order valence-corrected chi connectivity index (χ2v) is 9.63. The third-order valence-electron chi connectivity index (χ3n) is 6.98. The number of anilines is 3. The zero-order chi connectivity index (χ0) is 26.3. The van der Waals surface area contributed by atoms with E-state index in [2.05, 4.69) is 40.8 Å². The van der Waals surface area contributed by atoms with E-state index in [1.165, 1.54) is 12.4 Å². The van der Waals surface area contributed by atoms with Crippen molar-refractivity contribution in [2.45, 2.75) is 33.1 Å². The highest BCUT2D eigenvalue weighted by molar-refractivity contribution is 6.11. The highest BCUT2D eigenvalue weighted by Gasteiger charge is 2.28. The first-order valence-electron chi connectivity index (χ1n) is 12.0. The first kappa shape index (κ1) is 25.4. The van der Waals surface area contributed by atoms with Gasteiger partial charge in [0, 0.05) is 68.7 Å². The van der Waals surface area contributed by atoms with Crippen LogP contribution in [-0.2, 0) is 7.05 Å². The quantitative estimate of drug-likeness (QED) is 0.477. The highest BCUT2D eigenvalue weighted by Crippen LogP contribution is 2.45. The summed E-state index contributed by atoms with van der Waals surface area (Å²) in [7, 11) is 5.32. The number of rotatable bonds is 5. The van der Waals surface area contributed by atoms with Gasteiger partial charge < -0.3 is 20.1 Å².